The number of sulfonamides is 1. The lowest BCUT2D eigenvalue weighted by molar-refractivity contribution is -0.123. The number of rotatable bonds is 6. The number of thiazole rings is 1. The van der Waals surface area contributed by atoms with Crippen molar-refractivity contribution in [1.29, 1.82) is 0 Å². The smallest absolute Gasteiger partial charge is 0.243 e. The number of benzene rings is 2. The van der Waals surface area contributed by atoms with Crippen LogP contribution in [0.1, 0.15) is 29.7 Å². The predicted molar refractivity (Wildman–Crippen MR) is 142 cm³/mol. The summed E-state index contributed by atoms with van der Waals surface area (Å²) in [5.41, 5.74) is 3.72. The molecule has 0 spiro atoms. The van der Waals surface area contributed by atoms with Gasteiger partial charge in [0.1, 0.15) is 0 Å². The fourth-order valence-electron chi connectivity index (χ4n) is 4.47. The lowest BCUT2D eigenvalue weighted by Gasteiger charge is -2.33. The Hall–Kier alpha value is -3.14. The van der Waals surface area contributed by atoms with Crippen LogP contribution in [0, 0.1) is 19.8 Å². The first kappa shape index (κ1) is 24.5. The van der Waals surface area contributed by atoms with Crippen LogP contribution in [0.4, 0.5) is 5.13 Å². The molecular formula is C27H28N4O3S2. The lowest BCUT2D eigenvalue weighted by atomic mass is 9.98. The Balaban J connectivity index is 1.44. The molecule has 4 aromatic rings. The Morgan fingerprint density at radius 3 is 2.61 bits per heavy atom. The summed E-state index contributed by atoms with van der Waals surface area (Å²) in [7, 11) is -3.68. The van der Waals surface area contributed by atoms with E-state index in [4.69, 9.17) is 4.98 Å². The normalized spacial score (nSPS) is 16.8. The monoisotopic (exact) mass is 520 g/mol. The molecule has 0 radical (unpaired) electrons. The van der Waals surface area contributed by atoms with E-state index in [1.54, 1.807) is 35.4 Å². The standard InChI is InChI=1S/C27H28N4O3S2/c1-19-8-11-23(12-9-19)36(33,34)30-15-5-6-21(17-30)26(32)31(18-22-7-3-4-14-28-22)27-29-24-13-10-20(2)16-25(24)35-27/h3-4,7-14,16,21H,5-6,15,17-18H2,1-2H3. The van der Waals surface area contributed by atoms with E-state index in [9.17, 15) is 13.2 Å². The molecule has 1 atom stereocenters. The fourth-order valence-corrected chi connectivity index (χ4v) is 7.06. The highest BCUT2D eigenvalue weighted by molar-refractivity contribution is 7.89. The Bertz CT molecular complexity index is 1480. The molecule has 1 amide bonds. The quantitative estimate of drug-likeness (QED) is 0.360. The fraction of sp³-hybridized carbons (Fsp3) is 0.296. The number of anilines is 1. The van der Waals surface area contributed by atoms with E-state index in [1.165, 1.54) is 15.6 Å². The first-order chi connectivity index (χ1) is 17.3. The SMILES string of the molecule is Cc1ccc(S(=O)(=O)N2CCCC(C(=O)N(Cc3ccccn3)c3nc4ccc(C)cc4s3)C2)cc1. The molecule has 3 heterocycles. The number of pyridine rings is 1. The van der Waals surface area contributed by atoms with Gasteiger partial charge in [-0.25, -0.2) is 13.4 Å². The largest absolute Gasteiger partial charge is 0.282 e. The van der Waals surface area contributed by atoms with Crippen molar-refractivity contribution in [2.24, 2.45) is 5.92 Å². The molecule has 5 rings (SSSR count). The molecule has 0 bridgehead atoms. The molecule has 2 aromatic heterocycles. The first-order valence-electron chi connectivity index (χ1n) is 12.0. The van der Waals surface area contributed by atoms with Gasteiger partial charge in [-0.2, -0.15) is 4.31 Å². The summed E-state index contributed by atoms with van der Waals surface area (Å²) in [5, 5.41) is 0.602. The van der Waals surface area contributed by atoms with E-state index >= 15 is 0 Å². The maximum absolute atomic E-state index is 13.9. The molecule has 0 saturated carbocycles. The Kier molecular flexibility index (Phi) is 6.87. The highest BCUT2D eigenvalue weighted by atomic mass is 32.2. The van der Waals surface area contributed by atoms with E-state index in [2.05, 4.69) is 11.1 Å². The molecule has 2 aromatic carbocycles. The van der Waals surface area contributed by atoms with E-state index in [-0.39, 0.29) is 23.9 Å². The van der Waals surface area contributed by atoms with Crippen LogP contribution in [0.3, 0.4) is 0 Å². The summed E-state index contributed by atoms with van der Waals surface area (Å²) in [6.45, 7) is 4.78. The highest BCUT2D eigenvalue weighted by Crippen LogP contribution is 2.33. The van der Waals surface area contributed by atoms with Gasteiger partial charge in [0.15, 0.2) is 5.13 Å². The molecule has 1 aliphatic heterocycles. The summed E-state index contributed by atoms with van der Waals surface area (Å²) >= 11 is 1.47. The maximum Gasteiger partial charge on any atom is 0.243 e. The number of aromatic nitrogens is 2. The number of aryl methyl sites for hydroxylation is 2. The van der Waals surface area contributed by atoms with Crippen molar-refractivity contribution in [3.05, 3.63) is 83.7 Å². The Labute approximate surface area is 215 Å². The summed E-state index contributed by atoms with van der Waals surface area (Å²) < 4.78 is 29.1. The molecule has 1 aliphatic rings. The van der Waals surface area contributed by atoms with Crippen LogP contribution in [0.15, 0.2) is 71.8 Å². The number of fused-ring (bicyclic) bond motifs is 1. The number of carbonyl (C=O) groups excluding carboxylic acids is 1. The lowest BCUT2D eigenvalue weighted by Crippen LogP contribution is -2.46. The zero-order chi connectivity index (χ0) is 25.3. The average molecular weight is 521 g/mol. The Morgan fingerprint density at radius 2 is 1.86 bits per heavy atom. The van der Waals surface area contributed by atoms with Gasteiger partial charge in [-0.05, 0) is 68.7 Å². The van der Waals surface area contributed by atoms with Gasteiger partial charge >= 0.3 is 0 Å². The highest BCUT2D eigenvalue weighted by Gasteiger charge is 2.36. The third kappa shape index (κ3) is 5.04. The molecule has 36 heavy (non-hydrogen) atoms. The minimum Gasteiger partial charge on any atom is -0.282 e. The van der Waals surface area contributed by atoms with Crippen molar-refractivity contribution in [3.8, 4) is 0 Å². The van der Waals surface area contributed by atoms with Crippen molar-refractivity contribution in [2.45, 2.75) is 38.1 Å². The zero-order valence-electron chi connectivity index (χ0n) is 20.3. The van der Waals surface area contributed by atoms with E-state index < -0.39 is 15.9 Å². The molecule has 9 heteroatoms. The van der Waals surface area contributed by atoms with Gasteiger partial charge in [0, 0.05) is 19.3 Å². The summed E-state index contributed by atoms with van der Waals surface area (Å²) in [6.07, 6.45) is 2.95. The van der Waals surface area contributed by atoms with Crippen LogP contribution in [-0.2, 0) is 21.4 Å². The van der Waals surface area contributed by atoms with Crippen LogP contribution in [0.2, 0.25) is 0 Å². The average Bonchev–Trinajstić information content (AvgIpc) is 3.31. The molecule has 1 fully saturated rings. The number of piperidine rings is 1. The van der Waals surface area contributed by atoms with E-state index in [0.717, 1.165) is 27.0 Å². The summed E-state index contributed by atoms with van der Waals surface area (Å²) in [4.78, 5) is 25.0. The molecule has 7 nitrogen and oxygen atoms in total. The summed E-state index contributed by atoms with van der Waals surface area (Å²) in [6, 6.07) is 18.5. The van der Waals surface area contributed by atoms with Gasteiger partial charge in [-0.3, -0.25) is 14.7 Å². The van der Waals surface area contributed by atoms with Gasteiger partial charge in [-0.1, -0.05) is 41.2 Å². The van der Waals surface area contributed by atoms with E-state index in [1.807, 2.05) is 44.2 Å². The third-order valence-electron chi connectivity index (χ3n) is 6.47. The second kappa shape index (κ2) is 10.1. The van der Waals surface area contributed by atoms with Crippen LogP contribution in [0.5, 0.6) is 0 Å². The molecule has 0 N–H and O–H groups in total. The second-order valence-corrected chi connectivity index (χ2v) is 12.2. The number of carbonyl (C=O) groups is 1. The molecular weight excluding hydrogens is 492 g/mol. The van der Waals surface area contributed by atoms with Crippen LogP contribution in [0.25, 0.3) is 10.2 Å². The van der Waals surface area contributed by atoms with Gasteiger partial charge < -0.3 is 0 Å². The Morgan fingerprint density at radius 1 is 1.08 bits per heavy atom. The first-order valence-corrected chi connectivity index (χ1v) is 14.2. The van der Waals surface area contributed by atoms with E-state index in [0.29, 0.717) is 24.5 Å². The topological polar surface area (TPSA) is 83.5 Å². The van der Waals surface area contributed by atoms with Crippen molar-refractivity contribution >= 4 is 42.6 Å². The van der Waals surface area contributed by atoms with Gasteiger partial charge in [0.2, 0.25) is 15.9 Å². The number of hydrogen-bond donors (Lipinski definition) is 0. The van der Waals surface area contributed by atoms with Crippen LogP contribution >= 0.6 is 11.3 Å². The third-order valence-corrected chi connectivity index (χ3v) is 9.39. The van der Waals surface area contributed by atoms with Crippen LogP contribution < -0.4 is 4.90 Å². The van der Waals surface area contributed by atoms with Gasteiger partial charge in [-0.15, -0.1) is 0 Å². The minimum absolute atomic E-state index is 0.125. The minimum atomic E-state index is -3.68. The van der Waals surface area contributed by atoms with Crippen molar-refractivity contribution < 1.29 is 13.2 Å². The zero-order valence-corrected chi connectivity index (χ0v) is 21.9. The summed E-state index contributed by atoms with van der Waals surface area (Å²) in [5.74, 6) is -0.586. The van der Waals surface area contributed by atoms with Crippen molar-refractivity contribution in [1.82, 2.24) is 14.3 Å². The predicted octanol–water partition coefficient (Wildman–Crippen LogP) is 4.94. The molecule has 1 unspecified atom stereocenters. The van der Waals surface area contributed by atoms with Crippen molar-refractivity contribution in [3.63, 3.8) is 0 Å². The van der Waals surface area contributed by atoms with Crippen molar-refractivity contribution in [2.75, 3.05) is 18.0 Å². The van der Waals surface area contributed by atoms with Gasteiger partial charge in [0.25, 0.3) is 0 Å². The maximum atomic E-state index is 13.9. The number of hydrogen-bond acceptors (Lipinski definition) is 6. The molecule has 186 valence electrons. The number of amides is 1. The molecule has 0 aliphatic carbocycles. The molecule has 1 saturated heterocycles. The second-order valence-electron chi connectivity index (χ2n) is 9.23. The van der Waals surface area contributed by atoms with Crippen LogP contribution in [-0.4, -0.2) is 41.7 Å². The van der Waals surface area contributed by atoms with Gasteiger partial charge in [0.05, 0.1) is 33.3 Å². The number of nitrogens with zero attached hydrogens (tertiary/aromatic N) is 4.